The molecule has 1 aromatic carbocycles. The molecule has 2 rings (SSSR count). The normalized spacial score (nSPS) is 18.2. The minimum atomic E-state index is -0.373. The summed E-state index contributed by atoms with van der Waals surface area (Å²) in [5.41, 5.74) is 9.20. The van der Waals surface area contributed by atoms with Gasteiger partial charge in [-0.15, -0.1) is 0 Å². The van der Waals surface area contributed by atoms with Crippen LogP contribution in [0.4, 0.5) is 5.69 Å². The Balaban J connectivity index is 2.39. The number of hydrogen-bond donors (Lipinski definition) is 2. The summed E-state index contributed by atoms with van der Waals surface area (Å²) in [6.45, 7) is 6.54. The van der Waals surface area contributed by atoms with Crippen molar-refractivity contribution in [2.75, 3.05) is 20.8 Å². The Morgan fingerprint density at radius 2 is 1.92 bits per heavy atom. The van der Waals surface area contributed by atoms with Crippen LogP contribution in [0.15, 0.2) is 34.5 Å². The molecule has 0 unspecified atom stereocenters. The molecule has 1 aliphatic carbocycles. The Bertz CT molecular complexity index is 721. The lowest BCUT2D eigenvalue weighted by Crippen LogP contribution is -2.34. The van der Waals surface area contributed by atoms with Gasteiger partial charge in [-0.25, -0.2) is 0 Å². The van der Waals surface area contributed by atoms with Crippen molar-refractivity contribution in [2.24, 2.45) is 16.1 Å². The van der Waals surface area contributed by atoms with E-state index in [1.807, 2.05) is 25.1 Å². The summed E-state index contributed by atoms with van der Waals surface area (Å²) in [6.07, 6.45) is 1.71. The van der Waals surface area contributed by atoms with E-state index in [1.165, 1.54) is 0 Å². The molecule has 0 aliphatic heterocycles. The second-order valence-corrected chi connectivity index (χ2v) is 7.04. The maximum atomic E-state index is 11.1. The van der Waals surface area contributed by atoms with Gasteiger partial charge in [0.15, 0.2) is 11.5 Å². The predicted molar refractivity (Wildman–Crippen MR) is 99.6 cm³/mol. The Morgan fingerprint density at radius 1 is 1.24 bits per heavy atom. The Kier molecular flexibility index (Phi) is 5.72. The minimum absolute atomic E-state index is 0.0505. The number of carbonyl (C=O) groups is 1. The molecule has 0 aromatic heterocycles. The Morgan fingerprint density at radius 3 is 2.52 bits per heavy atom. The average Bonchev–Trinajstić information content (AvgIpc) is 2.55. The highest BCUT2D eigenvalue weighted by atomic mass is 16.5. The van der Waals surface area contributed by atoms with E-state index in [1.54, 1.807) is 14.2 Å². The van der Waals surface area contributed by atoms with E-state index < -0.39 is 0 Å². The molecule has 0 saturated carbocycles. The molecule has 6 nitrogen and oxygen atoms in total. The monoisotopic (exact) mass is 345 g/mol. The fourth-order valence-electron chi connectivity index (χ4n) is 3.00. The van der Waals surface area contributed by atoms with Gasteiger partial charge in [0.2, 0.25) is 5.91 Å². The van der Waals surface area contributed by atoms with Crippen LogP contribution in [-0.2, 0) is 4.79 Å². The average molecular weight is 345 g/mol. The zero-order valence-electron chi connectivity index (χ0n) is 15.6. The standard InChI is InChI=1S/C19H27N3O3/c1-12-14(21-11-18(20)23)9-19(2,3)10-15(12)22-13-6-7-16(24-4)17(8-13)25-5/h6-8,21H,9-11H2,1-5H3,(H2,20,23). The number of allylic oxidation sites excluding steroid dienone is 2. The van der Waals surface area contributed by atoms with Crippen LogP contribution in [0.1, 0.15) is 33.6 Å². The van der Waals surface area contributed by atoms with Crippen molar-refractivity contribution in [1.29, 1.82) is 0 Å². The first-order valence-corrected chi connectivity index (χ1v) is 8.27. The van der Waals surface area contributed by atoms with E-state index >= 15 is 0 Å². The van der Waals surface area contributed by atoms with Crippen molar-refractivity contribution in [3.05, 3.63) is 29.5 Å². The highest BCUT2D eigenvalue weighted by Gasteiger charge is 2.30. The van der Waals surface area contributed by atoms with Gasteiger partial charge < -0.3 is 20.5 Å². The van der Waals surface area contributed by atoms with Crippen LogP contribution in [0.5, 0.6) is 11.5 Å². The molecule has 0 radical (unpaired) electrons. The Hall–Kier alpha value is -2.50. The summed E-state index contributed by atoms with van der Waals surface area (Å²) < 4.78 is 10.6. The molecule has 0 saturated heterocycles. The molecule has 0 heterocycles. The van der Waals surface area contributed by atoms with Gasteiger partial charge in [-0.2, -0.15) is 0 Å². The number of hydrogen-bond acceptors (Lipinski definition) is 5. The van der Waals surface area contributed by atoms with Crippen LogP contribution in [0.2, 0.25) is 0 Å². The fraction of sp³-hybridized carbons (Fsp3) is 0.474. The maximum Gasteiger partial charge on any atom is 0.236 e. The molecule has 0 bridgehead atoms. The number of nitrogens with two attached hydrogens (primary N) is 1. The van der Waals surface area contributed by atoms with Gasteiger partial charge in [0.05, 0.1) is 26.5 Å². The lowest BCUT2D eigenvalue weighted by atomic mass is 9.75. The van der Waals surface area contributed by atoms with Crippen LogP contribution in [0.3, 0.4) is 0 Å². The van der Waals surface area contributed by atoms with Gasteiger partial charge in [-0.3, -0.25) is 9.79 Å². The lowest BCUT2D eigenvalue weighted by Gasteiger charge is -2.33. The van der Waals surface area contributed by atoms with Gasteiger partial charge in [0.25, 0.3) is 0 Å². The predicted octanol–water partition coefficient (Wildman–Crippen LogP) is 2.95. The highest BCUT2D eigenvalue weighted by Crippen LogP contribution is 2.38. The highest BCUT2D eigenvalue weighted by molar-refractivity contribution is 6.03. The topological polar surface area (TPSA) is 85.9 Å². The van der Waals surface area contributed by atoms with Gasteiger partial charge in [-0.1, -0.05) is 13.8 Å². The molecule has 0 spiro atoms. The summed E-state index contributed by atoms with van der Waals surface area (Å²) >= 11 is 0. The van der Waals surface area contributed by atoms with Crippen LogP contribution in [0.25, 0.3) is 0 Å². The summed E-state index contributed by atoms with van der Waals surface area (Å²) in [5.74, 6) is 0.946. The van der Waals surface area contributed by atoms with Crippen LogP contribution >= 0.6 is 0 Å². The van der Waals surface area contributed by atoms with E-state index in [0.29, 0.717) is 11.5 Å². The lowest BCUT2D eigenvalue weighted by molar-refractivity contribution is -0.117. The number of aliphatic imine (C=N–C) groups is 1. The summed E-state index contributed by atoms with van der Waals surface area (Å²) in [7, 11) is 3.21. The van der Waals surface area contributed by atoms with Gasteiger partial charge in [0.1, 0.15) is 0 Å². The molecular weight excluding hydrogens is 318 g/mol. The van der Waals surface area contributed by atoms with Crippen molar-refractivity contribution in [3.8, 4) is 11.5 Å². The molecule has 1 aromatic rings. The molecule has 1 amide bonds. The van der Waals surface area contributed by atoms with Crippen molar-refractivity contribution in [2.45, 2.75) is 33.6 Å². The third-order valence-corrected chi connectivity index (χ3v) is 4.29. The van der Waals surface area contributed by atoms with Crippen LogP contribution in [-0.4, -0.2) is 32.4 Å². The van der Waals surface area contributed by atoms with E-state index in [2.05, 4.69) is 19.2 Å². The fourth-order valence-corrected chi connectivity index (χ4v) is 3.00. The van der Waals surface area contributed by atoms with Gasteiger partial charge in [0, 0.05) is 17.5 Å². The number of rotatable bonds is 6. The molecular formula is C19H27N3O3. The third kappa shape index (κ3) is 4.75. The molecule has 136 valence electrons. The second-order valence-electron chi connectivity index (χ2n) is 7.04. The number of amides is 1. The number of methoxy groups -OCH3 is 2. The number of nitrogens with one attached hydrogen (secondary N) is 1. The summed E-state index contributed by atoms with van der Waals surface area (Å²) in [6, 6.07) is 5.61. The quantitative estimate of drug-likeness (QED) is 0.830. The SMILES string of the molecule is COc1ccc(N=C2CC(C)(C)CC(NCC(N)=O)=C2C)cc1OC. The van der Waals surface area contributed by atoms with Gasteiger partial charge in [-0.05, 0) is 42.9 Å². The number of carbonyl (C=O) groups excluding carboxylic acids is 1. The number of primary amides is 1. The minimum Gasteiger partial charge on any atom is -0.493 e. The maximum absolute atomic E-state index is 11.1. The van der Waals surface area contributed by atoms with E-state index in [9.17, 15) is 4.79 Å². The molecule has 0 atom stereocenters. The zero-order chi connectivity index (χ0) is 18.6. The van der Waals surface area contributed by atoms with Crippen molar-refractivity contribution >= 4 is 17.3 Å². The number of nitrogens with zero attached hydrogens (tertiary/aromatic N) is 1. The first kappa shape index (κ1) is 18.8. The molecule has 6 heteroatoms. The van der Waals surface area contributed by atoms with Crippen LogP contribution in [0, 0.1) is 5.41 Å². The van der Waals surface area contributed by atoms with Crippen molar-refractivity contribution in [3.63, 3.8) is 0 Å². The van der Waals surface area contributed by atoms with Gasteiger partial charge >= 0.3 is 0 Å². The number of benzene rings is 1. The third-order valence-electron chi connectivity index (χ3n) is 4.29. The second kappa shape index (κ2) is 7.59. The summed E-state index contributed by atoms with van der Waals surface area (Å²) in [5, 5.41) is 3.16. The van der Waals surface area contributed by atoms with E-state index in [4.69, 9.17) is 20.2 Å². The zero-order valence-corrected chi connectivity index (χ0v) is 15.6. The molecule has 1 aliphatic rings. The van der Waals surface area contributed by atoms with Crippen molar-refractivity contribution in [1.82, 2.24) is 5.32 Å². The van der Waals surface area contributed by atoms with E-state index in [-0.39, 0.29) is 17.9 Å². The molecule has 25 heavy (non-hydrogen) atoms. The van der Waals surface area contributed by atoms with E-state index in [0.717, 1.165) is 35.5 Å². The summed E-state index contributed by atoms with van der Waals surface area (Å²) in [4.78, 5) is 15.9. The van der Waals surface area contributed by atoms with Crippen molar-refractivity contribution < 1.29 is 14.3 Å². The molecule has 0 fully saturated rings. The van der Waals surface area contributed by atoms with Crippen LogP contribution < -0.4 is 20.5 Å². The number of ether oxygens (including phenoxy) is 2. The molecule has 3 N–H and O–H groups in total. The largest absolute Gasteiger partial charge is 0.493 e. The first-order chi connectivity index (χ1) is 11.8. The first-order valence-electron chi connectivity index (χ1n) is 8.27. The smallest absolute Gasteiger partial charge is 0.236 e. The Labute approximate surface area is 149 Å².